The Balaban J connectivity index is 1.15. The van der Waals surface area contributed by atoms with Crippen LogP contribution in [0.15, 0.2) is 98.3 Å². The summed E-state index contributed by atoms with van der Waals surface area (Å²) < 4.78 is 46.4. The first-order valence-electron chi connectivity index (χ1n) is 12.4. The van der Waals surface area contributed by atoms with E-state index in [1.54, 1.807) is 5.38 Å². The van der Waals surface area contributed by atoms with Gasteiger partial charge in [0.15, 0.2) is 5.13 Å². The Kier molecular flexibility index (Phi) is 9.24. The zero-order valence-electron chi connectivity index (χ0n) is 21.6. The van der Waals surface area contributed by atoms with Crippen molar-refractivity contribution in [1.82, 2.24) is 10.4 Å². The van der Waals surface area contributed by atoms with Gasteiger partial charge in [0.2, 0.25) is 5.91 Å². The smallest absolute Gasteiger partial charge is 0.416 e. The van der Waals surface area contributed by atoms with Crippen LogP contribution < -0.4 is 15.5 Å². The number of thiazole rings is 1. The van der Waals surface area contributed by atoms with Crippen LogP contribution in [0.25, 0.3) is 10.8 Å². The molecule has 0 saturated heterocycles. The van der Waals surface area contributed by atoms with E-state index in [1.807, 2.05) is 36.4 Å². The van der Waals surface area contributed by atoms with Crippen LogP contribution in [0.5, 0.6) is 5.75 Å². The largest absolute Gasteiger partial charge is 0.487 e. The molecule has 0 unspecified atom stereocenters. The maximum Gasteiger partial charge on any atom is 0.416 e. The summed E-state index contributed by atoms with van der Waals surface area (Å²) in [6.07, 6.45) is -2.99. The molecule has 0 aliphatic carbocycles. The monoisotopic (exact) mass is 716 g/mol. The van der Waals surface area contributed by atoms with Crippen molar-refractivity contribution in [2.45, 2.75) is 19.2 Å². The van der Waals surface area contributed by atoms with Gasteiger partial charge in [-0.25, -0.2) is 10.4 Å². The summed E-state index contributed by atoms with van der Waals surface area (Å²) in [7, 11) is 0. The number of nitrogens with one attached hydrogen (secondary N) is 2. The molecule has 0 spiro atoms. The number of halogens is 5. The zero-order valence-corrected chi connectivity index (χ0v) is 25.6. The van der Waals surface area contributed by atoms with Crippen molar-refractivity contribution in [2.75, 3.05) is 5.32 Å². The lowest BCUT2D eigenvalue weighted by atomic mass is 10.1. The van der Waals surface area contributed by atoms with Gasteiger partial charge in [-0.15, -0.1) is 11.3 Å². The van der Waals surface area contributed by atoms with Crippen LogP contribution in [-0.2, 0) is 24.0 Å². The van der Waals surface area contributed by atoms with E-state index in [4.69, 9.17) is 4.74 Å². The number of carbonyl (C=O) groups excluding carboxylic acids is 1. The van der Waals surface area contributed by atoms with E-state index in [1.165, 1.54) is 29.7 Å². The molecule has 0 atom stereocenters. The average molecular weight is 718 g/mol. The van der Waals surface area contributed by atoms with E-state index in [-0.39, 0.29) is 12.1 Å². The molecule has 1 aromatic heterocycles. The molecule has 2 N–H and O–H groups in total. The molecule has 1 heterocycles. The van der Waals surface area contributed by atoms with Crippen molar-refractivity contribution in [3.63, 3.8) is 0 Å². The SMILES string of the molecule is O=C(Cc1csc(Nc2cccc(C(F)(F)F)c2)n1)N/N=C\c1cc(Br)c(OCc2cccc3ccccc23)c(Br)c1. The van der Waals surface area contributed by atoms with Gasteiger partial charge in [-0.2, -0.15) is 18.3 Å². The Bertz CT molecular complexity index is 1750. The molecule has 214 valence electrons. The van der Waals surface area contributed by atoms with Crippen molar-refractivity contribution in [3.05, 3.63) is 116 Å². The number of hydrogen-bond acceptors (Lipinski definition) is 6. The fraction of sp³-hybridized carbons (Fsp3) is 0.100. The first-order chi connectivity index (χ1) is 20.2. The predicted molar refractivity (Wildman–Crippen MR) is 166 cm³/mol. The van der Waals surface area contributed by atoms with Crippen LogP contribution >= 0.6 is 43.2 Å². The van der Waals surface area contributed by atoms with Gasteiger partial charge < -0.3 is 10.1 Å². The second-order valence-electron chi connectivity index (χ2n) is 9.06. The molecule has 1 amide bonds. The first-order valence-corrected chi connectivity index (χ1v) is 14.9. The summed E-state index contributed by atoms with van der Waals surface area (Å²) in [5, 5.41) is 11.2. The molecule has 4 aromatic carbocycles. The van der Waals surface area contributed by atoms with E-state index in [0.29, 0.717) is 37.7 Å². The van der Waals surface area contributed by atoms with Gasteiger partial charge in [0, 0.05) is 11.1 Å². The molecule has 0 aliphatic rings. The van der Waals surface area contributed by atoms with E-state index < -0.39 is 17.6 Å². The highest BCUT2D eigenvalue weighted by atomic mass is 79.9. The standard InChI is InChI=1S/C30H21Br2F3N4O2S/c31-25-11-18(12-26(32)28(25)41-16-20-7-3-6-19-5-1-2-10-24(19)20)15-36-39-27(40)14-23-17-42-29(38-23)37-22-9-4-8-21(13-22)30(33,34)35/h1-13,15,17H,14,16H2,(H,37,38)(H,39,40)/b36-15-. The minimum atomic E-state index is -4.44. The van der Waals surface area contributed by atoms with Gasteiger partial charge in [-0.3, -0.25) is 4.79 Å². The number of ether oxygens (including phenoxy) is 1. The second kappa shape index (κ2) is 13.1. The molecule has 5 rings (SSSR count). The number of rotatable bonds is 9. The zero-order chi connectivity index (χ0) is 29.7. The lowest BCUT2D eigenvalue weighted by Gasteiger charge is -2.13. The van der Waals surface area contributed by atoms with E-state index in [2.05, 4.69) is 70.9 Å². The van der Waals surface area contributed by atoms with Crippen LogP contribution in [0.4, 0.5) is 24.0 Å². The molecule has 0 fully saturated rings. The van der Waals surface area contributed by atoms with E-state index in [9.17, 15) is 18.0 Å². The Morgan fingerprint density at radius 3 is 2.52 bits per heavy atom. The number of amides is 1. The summed E-state index contributed by atoms with van der Waals surface area (Å²) in [6, 6.07) is 22.7. The maximum absolute atomic E-state index is 12.9. The molecule has 0 saturated carbocycles. The predicted octanol–water partition coefficient (Wildman–Crippen LogP) is 8.86. The Hall–Kier alpha value is -3.74. The third-order valence-electron chi connectivity index (χ3n) is 6.01. The van der Waals surface area contributed by atoms with Crippen molar-refractivity contribution in [2.24, 2.45) is 5.10 Å². The fourth-order valence-corrected chi connectivity index (χ4v) is 6.27. The quantitative estimate of drug-likeness (QED) is 0.118. The number of nitrogens with zero attached hydrogens (tertiary/aromatic N) is 2. The highest BCUT2D eigenvalue weighted by Crippen LogP contribution is 2.36. The summed E-state index contributed by atoms with van der Waals surface area (Å²) in [4.78, 5) is 16.7. The van der Waals surface area contributed by atoms with Gasteiger partial charge in [0.25, 0.3) is 0 Å². The van der Waals surface area contributed by atoms with Crippen LogP contribution in [0, 0.1) is 0 Å². The number of hydrazone groups is 1. The molecule has 12 heteroatoms. The molecular formula is C30H21Br2F3N4O2S. The normalized spacial score (nSPS) is 11.6. The van der Waals surface area contributed by atoms with Crippen LogP contribution in [0.3, 0.4) is 0 Å². The van der Waals surface area contributed by atoms with Gasteiger partial charge in [0.1, 0.15) is 12.4 Å². The maximum atomic E-state index is 12.9. The second-order valence-corrected chi connectivity index (χ2v) is 11.6. The van der Waals surface area contributed by atoms with Crippen LogP contribution in [0.2, 0.25) is 0 Å². The molecule has 0 bridgehead atoms. The molecule has 42 heavy (non-hydrogen) atoms. The summed E-state index contributed by atoms with van der Waals surface area (Å²) in [6.45, 7) is 0.385. The van der Waals surface area contributed by atoms with Gasteiger partial charge in [-0.1, -0.05) is 48.5 Å². The number of fused-ring (bicyclic) bond motifs is 1. The molecule has 0 aliphatic heterocycles. The summed E-state index contributed by atoms with van der Waals surface area (Å²) >= 11 is 8.29. The Morgan fingerprint density at radius 2 is 1.74 bits per heavy atom. The van der Waals surface area contributed by atoms with Crippen LogP contribution in [0.1, 0.15) is 22.4 Å². The van der Waals surface area contributed by atoms with Gasteiger partial charge >= 0.3 is 6.18 Å². The van der Waals surface area contributed by atoms with E-state index >= 15 is 0 Å². The Morgan fingerprint density at radius 1 is 1.00 bits per heavy atom. The summed E-state index contributed by atoms with van der Waals surface area (Å²) in [5.41, 5.74) is 4.20. The topological polar surface area (TPSA) is 75.6 Å². The minimum Gasteiger partial charge on any atom is -0.487 e. The highest BCUT2D eigenvalue weighted by Gasteiger charge is 2.30. The lowest BCUT2D eigenvalue weighted by molar-refractivity contribution is -0.137. The number of carbonyl (C=O) groups is 1. The third kappa shape index (κ3) is 7.55. The van der Waals surface area contributed by atoms with Gasteiger partial charge in [-0.05, 0) is 84.1 Å². The van der Waals surface area contributed by atoms with Crippen molar-refractivity contribution >= 4 is 76.9 Å². The molecule has 0 radical (unpaired) electrons. The van der Waals surface area contributed by atoms with Crippen LogP contribution in [-0.4, -0.2) is 17.1 Å². The summed E-state index contributed by atoms with van der Waals surface area (Å²) in [5.74, 6) is 0.248. The number of hydrogen-bond donors (Lipinski definition) is 2. The number of benzene rings is 4. The molecule has 6 nitrogen and oxygen atoms in total. The van der Waals surface area contributed by atoms with E-state index in [0.717, 1.165) is 28.5 Å². The van der Waals surface area contributed by atoms with Crippen molar-refractivity contribution < 1.29 is 22.7 Å². The van der Waals surface area contributed by atoms with Crippen molar-refractivity contribution in [1.29, 1.82) is 0 Å². The minimum absolute atomic E-state index is 0.0492. The third-order valence-corrected chi connectivity index (χ3v) is 7.99. The molecule has 5 aromatic rings. The lowest BCUT2D eigenvalue weighted by Crippen LogP contribution is -2.19. The van der Waals surface area contributed by atoms with Crippen molar-refractivity contribution in [3.8, 4) is 5.75 Å². The highest BCUT2D eigenvalue weighted by molar-refractivity contribution is 9.11. The first kappa shape index (κ1) is 29.7. The fourth-order valence-electron chi connectivity index (χ4n) is 4.09. The molecular weight excluding hydrogens is 697 g/mol. The number of anilines is 2. The number of alkyl halides is 3. The number of aromatic nitrogens is 1. The average Bonchev–Trinajstić information content (AvgIpc) is 3.38. The Labute approximate surface area is 259 Å². The van der Waals surface area contributed by atoms with Gasteiger partial charge in [0.05, 0.1) is 32.8 Å².